The second-order valence-electron chi connectivity index (χ2n) is 8.00. The smallest absolute Gasteiger partial charge is 0.408 e. The number of hydrogen-bond acceptors (Lipinski definition) is 10. The third-order valence-corrected chi connectivity index (χ3v) is 4.96. The number of carbonyl (C=O) groups is 2. The molecule has 1 aromatic carbocycles. The van der Waals surface area contributed by atoms with Crippen molar-refractivity contribution in [3.63, 3.8) is 0 Å². The number of nitrogens with two attached hydrogens (primary N) is 1. The van der Waals surface area contributed by atoms with Crippen molar-refractivity contribution < 1.29 is 28.9 Å². The van der Waals surface area contributed by atoms with Crippen LogP contribution in [-0.4, -0.2) is 62.0 Å². The first-order valence-electron chi connectivity index (χ1n) is 10.9. The molecule has 188 valence electrons. The lowest BCUT2D eigenvalue weighted by Crippen LogP contribution is -2.46. The second-order valence-corrected chi connectivity index (χ2v) is 8.00. The van der Waals surface area contributed by atoms with Gasteiger partial charge in [-0.1, -0.05) is 44.2 Å². The molecule has 0 spiro atoms. The van der Waals surface area contributed by atoms with E-state index < -0.39 is 36.4 Å². The van der Waals surface area contributed by atoms with Crippen LogP contribution in [0, 0.1) is 5.92 Å². The normalized spacial score (nSPS) is 12.9. The summed E-state index contributed by atoms with van der Waals surface area (Å²) in [4.78, 5) is 46.9. The number of imidazole rings is 1. The Balaban J connectivity index is 1.51. The molecular formula is C22H28N6O7. The van der Waals surface area contributed by atoms with E-state index in [-0.39, 0.29) is 43.0 Å². The van der Waals surface area contributed by atoms with E-state index in [0.717, 1.165) is 5.56 Å². The number of esters is 1. The average Bonchev–Trinajstić information content (AvgIpc) is 3.24. The summed E-state index contributed by atoms with van der Waals surface area (Å²) in [6.45, 7) is 2.69. The molecule has 5 N–H and O–H groups in total. The van der Waals surface area contributed by atoms with Gasteiger partial charge in [0.15, 0.2) is 11.2 Å². The summed E-state index contributed by atoms with van der Waals surface area (Å²) in [5.41, 5.74) is 6.17. The maximum absolute atomic E-state index is 12.6. The van der Waals surface area contributed by atoms with E-state index in [0.29, 0.717) is 0 Å². The number of aromatic amines is 1. The highest BCUT2D eigenvalue weighted by atomic mass is 16.6. The van der Waals surface area contributed by atoms with Crippen LogP contribution < -0.4 is 16.6 Å². The van der Waals surface area contributed by atoms with Crippen molar-refractivity contribution in [2.75, 3.05) is 18.9 Å². The molecular weight excluding hydrogens is 460 g/mol. The molecule has 0 aliphatic heterocycles. The summed E-state index contributed by atoms with van der Waals surface area (Å²) in [5, 5.41) is 12.1. The molecule has 3 rings (SSSR count). The highest BCUT2D eigenvalue weighted by Gasteiger charge is 2.27. The molecule has 0 fully saturated rings. The number of aromatic nitrogens is 4. The van der Waals surface area contributed by atoms with E-state index in [9.17, 15) is 19.5 Å². The zero-order valence-electron chi connectivity index (χ0n) is 19.3. The van der Waals surface area contributed by atoms with Gasteiger partial charge in [-0.05, 0) is 11.5 Å². The summed E-state index contributed by atoms with van der Waals surface area (Å²) in [5.74, 6) is -1.06. The molecule has 13 heteroatoms. The first-order chi connectivity index (χ1) is 16.8. The summed E-state index contributed by atoms with van der Waals surface area (Å²) in [7, 11) is 0. The van der Waals surface area contributed by atoms with Gasteiger partial charge < -0.3 is 30.4 Å². The topological polar surface area (TPSA) is 184 Å². The minimum atomic E-state index is -0.964. The Morgan fingerprint density at radius 3 is 2.66 bits per heavy atom. The van der Waals surface area contributed by atoms with Crippen LogP contribution in [0.25, 0.3) is 11.2 Å². The van der Waals surface area contributed by atoms with E-state index in [1.54, 1.807) is 13.8 Å². The molecule has 2 aromatic heterocycles. The number of nitrogen functional groups attached to an aromatic ring is 1. The molecule has 35 heavy (non-hydrogen) atoms. The highest BCUT2D eigenvalue weighted by Crippen LogP contribution is 2.09. The van der Waals surface area contributed by atoms with Crippen molar-refractivity contribution in [1.29, 1.82) is 0 Å². The van der Waals surface area contributed by atoms with E-state index in [4.69, 9.17) is 19.9 Å². The summed E-state index contributed by atoms with van der Waals surface area (Å²) in [6.07, 6.45) is -0.297. The monoisotopic (exact) mass is 488 g/mol. The fourth-order valence-electron chi connectivity index (χ4n) is 3.06. The molecule has 0 saturated carbocycles. The number of benzene rings is 1. The van der Waals surface area contributed by atoms with E-state index >= 15 is 0 Å². The maximum Gasteiger partial charge on any atom is 0.408 e. The van der Waals surface area contributed by atoms with Crippen LogP contribution in [0.15, 0.2) is 41.5 Å². The zero-order valence-corrected chi connectivity index (χ0v) is 19.3. The van der Waals surface area contributed by atoms with Crippen LogP contribution in [0.2, 0.25) is 0 Å². The number of carbonyl (C=O) groups excluding carboxylic acids is 2. The first kappa shape index (κ1) is 25.6. The number of aliphatic hydroxyl groups excluding tert-OH is 1. The van der Waals surface area contributed by atoms with Crippen LogP contribution >= 0.6 is 0 Å². The highest BCUT2D eigenvalue weighted by molar-refractivity contribution is 5.81. The zero-order chi connectivity index (χ0) is 25.4. The Labute approximate surface area is 200 Å². The third kappa shape index (κ3) is 7.01. The molecule has 1 amide bonds. The predicted octanol–water partition coefficient (Wildman–Crippen LogP) is 0.531. The lowest BCUT2D eigenvalue weighted by atomic mass is 10.1. The summed E-state index contributed by atoms with van der Waals surface area (Å²) >= 11 is 0. The minimum Gasteiger partial charge on any atom is -0.461 e. The van der Waals surface area contributed by atoms with E-state index in [1.165, 1.54) is 10.9 Å². The van der Waals surface area contributed by atoms with Crippen molar-refractivity contribution in [2.45, 2.75) is 39.3 Å². The van der Waals surface area contributed by atoms with Crippen molar-refractivity contribution in [2.24, 2.45) is 5.92 Å². The first-order valence-corrected chi connectivity index (χ1v) is 10.9. The number of alkyl carbamates (subject to hydrolysis) is 1. The van der Waals surface area contributed by atoms with Gasteiger partial charge in [-0.3, -0.25) is 14.3 Å². The minimum absolute atomic E-state index is 0.0578. The number of ether oxygens (including phenoxy) is 3. The molecule has 3 aromatic rings. The number of nitrogens with zero attached hydrogens (tertiary/aromatic N) is 3. The molecule has 0 saturated heterocycles. The quantitative estimate of drug-likeness (QED) is 0.278. The van der Waals surface area contributed by atoms with Crippen molar-refractivity contribution >= 4 is 29.2 Å². The van der Waals surface area contributed by atoms with Crippen molar-refractivity contribution in [3.8, 4) is 0 Å². The molecule has 2 atom stereocenters. The van der Waals surface area contributed by atoms with Crippen LogP contribution in [0.4, 0.5) is 10.7 Å². The average molecular weight is 489 g/mol. The summed E-state index contributed by atoms with van der Waals surface area (Å²) in [6, 6.07) is 8.16. The SMILES string of the molecule is CC(C)C(NC(=O)OCc1ccccc1)C(=O)OCC(CO)OCn1cnc2c(=O)[nH]c(N)nc21. The number of nitrogens with one attached hydrogen (secondary N) is 2. The molecule has 2 heterocycles. The Kier molecular flexibility index (Phi) is 8.75. The predicted molar refractivity (Wildman–Crippen MR) is 124 cm³/mol. The number of fused-ring (bicyclic) bond motifs is 1. The Bertz CT molecular complexity index is 1190. The fourth-order valence-corrected chi connectivity index (χ4v) is 3.06. The Morgan fingerprint density at radius 2 is 1.97 bits per heavy atom. The van der Waals surface area contributed by atoms with Gasteiger partial charge in [0.25, 0.3) is 5.56 Å². The number of H-pyrrole nitrogens is 1. The number of amides is 1. The van der Waals surface area contributed by atoms with Crippen molar-refractivity contribution in [1.82, 2.24) is 24.8 Å². The van der Waals surface area contributed by atoms with E-state index in [1.807, 2.05) is 30.3 Å². The van der Waals surface area contributed by atoms with Gasteiger partial charge in [-0.2, -0.15) is 4.98 Å². The molecule has 0 aliphatic carbocycles. The maximum atomic E-state index is 12.6. The van der Waals surface area contributed by atoms with Crippen LogP contribution in [-0.2, 0) is 32.3 Å². The van der Waals surface area contributed by atoms with Gasteiger partial charge in [-0.15, -0.1) is 0 Å². The number of aliphatic hydroxyl groups is 1. The largest absolute Gasteiger partial charge is 0.461 e. The number of hydrogen-bond donors (Lipinski definition) is 4. The molecule has 0 bridgehead atoms. The van der Waals surface area contributed by atoms with Crippen molar-refractivity contribution in [3.05, 3.63) is 52.6 Å². The van der Waals surface area contributed by atoms with E-state index in [2.05, 4.69) is 20.3 Å². The van der Waals surface area contributed by atoms with Gasteiger partial charge in [0.05, 0.1) is 12.9 Å². The Morgan fingerprint density at radius 1 is 1.23 bits per heavy atom. The van der Waals surface area contributed by atoms with Gasteiger partial charge in [0.2, 0.25) is 5.95 Å². The number of rotatable bonds is 11. The lowest BCUT2D eigenvalue weighted by Gasteiger charge is -2.22. The fraction of sp³-hybridized carbons (Fsp3) is 0.409. The van der Waals surface area contributed by atoms with Gasteiger partial charge in [-0.25, -0.2) is 14.6 Å². The molecule has 0 radical (unpaired) electrons. The summed E-state index contributed by atoms with van der Waals surface area (Å²) < 4.78 is 17.4. The second kappa shape index (κ2) is 11.9. The Hall–Kier alpha value is -3.97. The molecule has 13 nitrogen and oxygen atoms in total. The van der Waals surface area contributed by atoms with Crippen LogP contribution in [0.5, 0.6) is 0 Å². The lowest BCUT2D eigenvalue weighted by molar-refractivity contribution is -0.154. The van der Waals surface area contributed by atoms with Gasteiger partial charge >= 0.3 is 12.1 Å². The third-order valence-electron chi connectivity index (χ3n) is 4.96. The van der Waals surface area contributed by atoms with Crippen LogP contribution in [0.3, 0.4) is 0 Å². The standard InChI is InChI=1S/C22H28N6O7/c1-13(2)16(25-22(32)34-9-14-6-4-3-5-7-14)20(31)33-10-15(8-29)35-12-28-11-24-17-18(28)26-21(23)27-19(17)30/h3-7,11,13,15-16,29H,8-10,12H2,1-2H3,(H,25,32)(H3,23,26,27,30). The van der Waals surface area contributed by atoms with Gasteiger partial charge in [0.1, 0.15) is 32.1 Å². The molecule has 0 aliphatic rings. The van der Waals surface area contributed by atoms with Crippen LogP contribution in [0.1, 0.15) is 19.4 Å². The van der Waals surface area contributed by atoms with Gasteiger partial charge in [0, 0.05) is 0 Å². The number of anilines is 1. The molecule has 2 unspecified atom stereocenters.